The van der Waals surface area contributed by atoms with Crippen LogP contribution in [0.3, 0.4) is 0 Å². The Morgan fingerprint density at radius 2 is 0.948 bits per heavy atom. The number of unbranched alkanes of at least 4 members (excludes halogenated alkanes) is 5. The number of esters is 2. The molecule has 3 unspecified atom stereocenters. The Morgan fingerprint density at radius 1 is 0.534 bits per heavy atom. The van der Waals surface area contributed by atoms with Gasteiger partial charge in [0.05, 0.1) is 13.2 Å². The van der Waals surface area contributed by atoms with Gasteiger partial charge in [0.1, 0.15) is 12.6 Å². The van der Waals surface area contributed by atoms with E-state index in [4.69, 9.17) is 24.8 Å². The van der Waals surface area contributed by atoms with Crippen LogP contribution in [0.2, 0.25) is 0 Å². The number of hydrogen-bond acceptors (Lipinski definition) is 9. The summed E-state index contributed by atoms with van der Waals surface area (Å²) in [5, 5.41) is 8.88. The van der Waals surface area contributed by atoms with Crippen LogP contribution in [0, 0.1) is 0 Å². The predicted molar refractivity (Wildman–Crippen MR) is 235 cm³/mol. The van der Waals surface area contributed by atoms with Gasteiger partial charge in [0.2, 0.25) is 0 Å². The number of carbonyl (C=O) groups excluding carboxylic acids is 2. The van der Waals surface area contributed by atoms with E-state index in [2.05, 4.69) is 110 Å². The summed E-state index contributed by atoms with van der Waals surface area (Å²) in [6, 6.07) is -1.54. The predicted octanol–water partition coefficient (Wildman–Crippen LogP) is 11.1. The van der Waals surface area contributed by atoms with Gasteiger partial charge in [-0.25, -0.2) is 4.57 Å². The van der Waals surface area contributed by atoms with Crippen molar-refractivity contribution in [2.45, 2.75) is 142 Å². The highest BCUT2D eigenvalue weighted by Gasteiger charge is 2.28. The molecular weight excluding hydrogens is 757 g/mol. The molecule has 4 N–H and O–H groups in total. The Balaban J connectivity index is 4.57. The minimum atomic E-state index is -4.75. The molecule has 0 aliphatic rings. The van der Waals surface area contributed by atoms with Gasteiger partial charge in [-0.2, -0.15) is 0 Å². The highest BCUT2D eigenvalue weighted by molar-refractivity contribution is 7.47. The molecule has 0 fully saturated rings. The van der Waals surface area contributed by atoms with Crippen LogP contribution in [0.15, 0.2) is 109 Å². The first kappa shape index (κ1) is 54.1. The number of rotatable bonds is 37. The van der Waals surface area contributed by atoms with Crippen molar-refractivity contribution in [1.29, 1.82) is 0 Å². The minimum Gasteiger partial charge on any atom is -0.480 e. The van der Waals surface area contributed by atoms with Crippen LogP contribution in [0.4, 0.5) is 0 Å². The van der Waals surface area contributed by atoms with Gasteiger partial charge in [-0.3, -0.25) is 23.4 Å². The molecule has 0 aromatic rings. The smallest absolute Gasteiger partial charge is 0.472 e. The van der Waals surface area contributed by atoms with Crippen molar-refractivity contribution >= 4 is 25.7 Å². The third kappa shape index (κ3) is 39.0. The molecule has 0 aliphatic carbocycles. The maximum Gasteiger partial charge on any atom is 0.472 e. The van der Waals surface area contributed by atoms with Gasteiger partial charge in [-0.05, 0) is 83.5 Å². The van der Waals surface area contributed by atoms with Crippen molar-refractivity contribution < 1.29 is 47.5 Å². The second kappa shape index (κ2) is 39.9. The Morgan fingerprint density at radius 3 is 1.43 bits per heavy atom. The van der Waals surface area contributed by atoms with Crippen LogP contribution in [-0.4, -0.2) is 59.9 Å². The summed E-state index contributed by atoms with van der Waals surface area (Å²) >= 11 is 0. The summed E-state index contributed by atoms with van der Waals surface area (Å²) in [5.41, 5.74) is 5.32. The van der Waals surface area contributed by atoms with Gasteiger partial charge in [-0.1, -0.05) is 142 Å². The summed E-state index contributed by atoms with van der Waals surface area (Å²) < 4.78 is 32.6. The zero-order valence-corrected chi connectivity index (χ0v) is 36.0. The number of phosphoric ester groups is 1. The molecule has 0 aromatic carbocycles. The summed E-state index contributed by atoms with van der Waals surface area (Å²) in [5.74, 6) is -2.53. The standard InChI is InChI=1S/C46H72NO10P/c1-3-5-7-9-11-13-15-17-19-20-21-22-24-26-28-30-32-34-36-38-45(49)57-42(40-55-58(52,53)56-41-43(47)46(50)51)39-54-44(48)37-35-33-31-29-27-25-23-18-16-14-12-10-8-6-4-2/h5-8,11-14,17-19,21-23,26,28,32,34,42-43H,3-4,9-10,15-16,20,24-25,27,29-31,33,35-41,47H2,1-2H3,(H,50,51)(H,52,53). The monoisotopic (exact) mass is 829 g/mol. The van der Waals surface area contributed by atoms with E-state index in [1.165, 1.54) is 0 Å². The van der Waals surface area contributed by atoms with Crippen LogP contribution in [0.1, 0.15) is 129 Å². The average Bonchev–Trinajstić information content (AvgIpc) is 3.20. The van der Waals surface area contributed by atoms with E-state index in [1.54, 1.807) is 0 Å². The molecule has 58 heavy (non-hydrogen) atoms. The highest BCUT2D eigenvalue weighted by atomic mass is 31.2. The van der Waals surface area contributed by atoms with E-state index in [1.807, 2.05) is 18.2 Å². The lowest BCUT2D eigenvalue weighted by molar-refractivity contribution is -0.161. The lowest BCUT2D eigenvalue weighted by Gasteiger charge is -2.20. The van der Waals surface area contributed by atoms with Gasteiger partial charge in [0.15, 0.2) is 6.10 Å². The molecule has 3 atom stereocenters. The molecule has 0 saturated carbocycles. The van der Waals surface area contributed by atoms with E-state index >= 15 is 0 Å². The molecule has 0 heterocycles. The lowest BCUT2D eigenvalue weighted by atomic mass is 10.1. The number of carboxylic acid groups (broad SMARTS) is 1. The number of nitrogens with two attached hydrogens (primary N) is 1. The third-order valence-electron chi connectivity index (χ3n) is 8.03. The van der Waals surface area contributed by atoms with Crippen molar-refractivity contribution in [1.82, 2.24) is 0 Å². The van der Waals surface area contributed by atoms with E-state index in [0.29, 0.717) is 19.3 Å². The summed E-state index contributed by atoms with van der Waals surface area (Å²) in [4.78, 5) is 45.9. The van der Waals surface area contributed by atoms with Gasteiger partial charge in [0.25, 0.3) is 0 Å². The Hall–Kier alpha value is -3.86. The Labute approximate surface area is 348 Å². The molecule has 0 aliphatic heterocycles. The average molecular weight is 830 g/mol. The summed E-state index contributed by atoms with van der Waals surface area (Å²) in [7, 11) is -4.75. The first-order valence-corrected chi connectivity index (χ1v) is 22.4. The molecule has 0 rings (SSSR count). The van der Waals surface area contributed by atoms with E-state index < -0.39 is 57.7 Å². The fraction of sp³-hybridized carbons (Fsp3) is 0.543. The minimum absolute atomic E-state index is 0.0249. The quantitative estimate of drug-likeness (QED) is 0.0235. The highest BCUT2D eigenvalue weighted by Crippen LogP contribution is 2.43. The summed E-state index contributed by atoms with van der Waals surface area (Å²) in [6.45, 7) is 2.45. The second-order valence-electron chi connectivity index (χ2n) is 13.4. The van der Waals surface area contributed by atoms with E-state index in [9.17, 15) is 23.8 Å². The molecule has 326 valence electrons. The third-order valence-corrected chi connectivity index (χ3v) is 8.98. The van der Waals surface area contributed by atoms with Crippen LogP contribution < -0.4 is 5.73 Å². The largest absolute Gasteiger partial charge is 0.480 e. The first-order chi connectivity index (χ1) is 28.1. The zero-order valence-electron chi connectivity index (χ0n) is 35.1. The Bertz CT molecular complexity index is 1390. The van der Waals surface area contributed by atoms with Crippen LogP contribution in [-0.2, 0) is 37.5 Å². The van der Waals surface area contributed by atoms with Gasteiger partial charge >= 0.3 is 25.7 Å². The molecule has 0 bridgehead atoms. The molecule has 11 nitrogen and oxygen atoms in total. The first-order valence-electron chi connectivity index (χ1n) is 20.9. The maximum absolute atomic E-state index is 12.6. The fourth-order valence-electron chi connectivity index (χ4n) is 4.81. The van der Waals surface area contributed by atoms with E-state index in [-0.39, 0.29) is 12.8 Å². The SMILES string of the molecule is CCC=CCC=CCC=CCC=CCC=CCC=CCCC(=O)OC(COC(=O)CCCCCCCC=CCC=CCC=CCC)COP(=O)(O)OCC(N)C(=O)O. The molecule has 0 spiro atoms. The van der Waals surface area contributed by atoms with Crippen LogP contribution >= 0.6 is 7.82 Å². The van der Waals surface area contributed by atoms with Gasteiger partial charge < -0.3 is 25.2 Å². The molecule has 12 heteroatoms. The van der Waals surface area contributed by atoms with Crippen molar-refractivity contribution in [3.8, 4) is 0 Å². The van der Waals surface area contributed by atoms with Gasteiger partial charge in [0, 0.05) is 12.8 Å². The number of carboxylic acids is 1. The zero-order chi connectivity index (χ0) is 42.8. The number of hydrogen-bond donors (Lipinski definition) is 3. The van der Waals surface area contributed by atoms with Crippen molar-refractivity contribution in [3.63, 3.8) is 0 Å². The molecule has 0 amide bonds. The molecule has 0 saturated heterocycles. The lowest BCUT2D eigenvalue weighted by Crippen LogP contribution is -2.34. The van der Waals surface area contributed by atoms with Crippen molar-refractivity contribution in [3.05, 3.63) is 109 Å². The number of carbonyl (C=O) groups is 3. The second-order valence-corrected chi connectivity index (χ2v) is 14.8. The topological polar surface area (TPSA) is 172 Å². The number of allylic oxidation sites excluding steroid dienone is 18. The van der Waals surface area contributed by atoms with Crippen molar-refractivity contribution in [2.75, 3.05) is 19.8 Å². The molecule has 0 radical (unpaired) electrons. The van der Waals surface area contributed by atoms with Crippen LogP contribution in [0.5, 0.6) is 0 Å². The summed E-state index contributed by atoms with van der Waals surface area (Å²) in [6.07, 6.45) is 51.7. The molecular formula is C46H72NO10P. The number of aliphatic carboxylic acids is 1. The van der Waals surface area contributed by atoms with Gasteiger partial charge in [-0.15, -0.1) is 0 Å². The van der Waals surface area contributed by atoms with E-state index in [0.717, 1.165) is 83.5 Å². The maximum atomic E-state index is 12.6. The van der Waals surface area contributed by atoms with Crippen LogP contribution in [0.25, 0.3) is 0 Å². The number of phosphoric acid groups is 1. The molecule has 0 aromatic heterocycles. The fourth-order valence-corrected chi connectivity index (χ4v) is 5.59. The Kier molecular flexibility index (Phi) is 37.3. The number of ether oxygens (including phenoxy) is 2. The van der Waals surface area contributed by atoms with Crippen molar-refractivity contribution in [2.24, 2.45) is 5.73 Å². The normalized spacial score (nSPS) is 14.8.